The number of carboxylic acid groups (broad SMARTS) is 1. The van der Waals surface area contributed by atoms with E-state index in [0.29, 0.717) is 6.04 Å². The SMILES string of the molecule is CCCC1(C(=O)O)CCN(C2CCN3CCCCC23)CC1. The van der Waals surface area contributed by atoms with E-state index in [1.54, 1.807) is 0 Å². The first-order valence-electron chi connectivity index (χ1n) is 8.88. The fraction of sp³-hybridized carbons (Fsp3) is 0.941. The molecule has 21 heavy (non-hydrogen) atoms. The van der Waals surface area contributed by atoms with Crippen LogP contribution in [0, 0.1) is 5.41 Å². The fourth-order valence-corrected chi connectivity index (χ4v) is 4.98. The summed E-state index contributed by atoms with van der Waals surface area (Å²) in [5, 5.41) is 9.63. The Morgan fingerprint density at radius 3 is 2.38 bits per heavy atom. The molecule has 3 heterocycles. The molecule has 0 amide bonds. The minimum Gasteiger partial charge on any atom is -0.481 e. The number of fused-ring (bicyclic) bond motifs is 1. The van der Waals surface area contributed by atoms with Crippen LogP contribution in [0.1, 0.15) is 58.3 Å². The first kappa shape index (κ1) is 15.3. The number of carbonyl (C=O) groups is 1. The Morgan fingerprint density at radius 1 is 1.05 bits per heavy atom. The summed E-state index contributed by atoms with van der Waals surface area (Å²) in [6.07, 6.45) is 8.89. The Balaban J connectivity index is 1.61. The molecule has 120 valence electrons. The summed E-state index contributed by atoms with van der Waals surface area (Å²) in [6, 6.07) is 1.45. The first-order chi connectivity index (χ1) is 10.2. The number of rotatable bonds is 4. The van der Waals surface area contributed by atoms with Crippen LogP contribution in [0.15, 0.2) is 0 Å². The van der Waals surface area contributed by atoms with Crippen molar-refractivity contribution >= 4 is 5.97 Å². The molecule has 1 N–H and O–H groups in total. The van der Waals surface area contributed by atoms with Gasteiger partial charge in [0.2, 0.25) is 0 Å². The third-order valence-corrected chi connectivity index (χ3v) is 6.23. The third-order valence-electron chi connectivity index (χ3n) is 6.23. The van der Waals surface area contributed by atoms with Crippen molar-refractivity contribution < 1.29 is 9.90 Å². The van der Waals surface area contributed by atoms with Gasteiger partial charge in [0.15, 0.2) is 0 Å². The average Bonchev–Trinajstić information content (AvgIpc) is 2.92. The van der Waals surface area contributed by atoms with Crippen molar-refractivity contribution in [2.75, 3.05) is 26.2 Å². The van der Waals surface area contributed by atoms with Gasteiger partial charge in [-0.15, -0.1) is 0 Å². The molecule has 0 saturated carbocycles. The summed E-state index contributed by atoms with van der Waals surface area (Å²) >= 11 is 0. The lowest BCUT2D eigenvalue weighted by Crippen LogP contribution is -2.52. The lowest BCUT2D eigenvalue weighted by Gasteiger charge is -2.44. The van der Waals surface area contributed by atoms with Crippen LogP contribution < -0.4 is 0 Å². The first-order valence-corrected chi connectivity index (χ1v) is 8.88. The number of piperidine rings is 2. The summed E-state index contributed by atoms with van der Waals surface area (Å²) in [6.45, 7) is 6.62. The standard InChI is InChI=1S/C17H30N2O2/c1-2-7-17(16(20)21)8-12-19(13-9-17)15-6-11-18-10-4-3-5-14(15)18/h14-15H,2-13H2,1H3,(H,20,21). The monoisotopic (exact) mass is 294 g/mol. The van der Waals surface area contributed by atoms with E-state index in [9.17, 15) is 9.90 Å². The molecule has 0 aliphatic carbocycles. The molecule has 3 rings (SSSR count). The number of nitrogens with zero attached hydrogens (tertiary/aromatic N) is 2. The van der Waals surface area contributed by atoms with Gasteiger partial charge in [0.05, 0.1) is 5.41 Å². The summed E-state index contributed by atoms with van der Waals surface area (Å²) in [4.78, 5) is 17.0. The van der Waals surface area contributed by atoms with Crippen molar-refractivity contribution in [1.82, 2.24) is 9.80 Å². The second-order valence-electron chi connectivity index (χ2n) is 7.33. The zero-order valence-electron chi connectivity index (χ0n) is 13.4. The molecule has 0 spiro atoms. The summed E-state index contributed by atoms with van der Waals surface area (Å²) in [7, 11) is 0. The van der Waals surface area contributed by atoms with Gasteiger partial charge in [-0.3, -0.25) is 14.6 Å². The van der Waals surface area contributed by atoms with E-state index >= 15 is 0 Å². The molecule has 2 unspecified atom stereocenters. The van der Waals surface area contributed by atoms with Gasteiger partial charge in [-0.2, -0.15) is 0 Å². The van der Waals surface area contributed by atoms with E-state index in [1.165, 1.54) is 38.8 Å². The highest BCUT2D eigenvalue weighted by Gasteiger charge is 2.45. The minimum atomic E-state index is -0.560. The van der Waals surface area contributed by atoms with E-state index in [4.69, 9.17) is 0 Å². The maximum atomic E-state index is 11.7. The van der Waals surface area contributed by atoms with Gasteiger partial charge in [-0.05, 0) is 58.2 Å². The van der Waals surface area contributed by atoms with Crippen LogP contribution in [-0.4, -0.2) is 59.1 Å². The van der Waals surface area contributed by atoms with Gasteiger partial charge in [-0.1, -0.05) is 19.8 Å². The molecule has 3 fully saturated rings. The smallest absolute Gasteiger partial charge is 0.309 e. The number of hydrogen-bond donors (Lipinski definition) is 1. The molecule has 3 aliphatic rings. The zero-order chi connectivity index (χ0) is 14.9. The van der Waals surface area contributed by atoms with Crippen LogP contribution >= 0.6 is 0 Å². The van der Waals surface area contributed by atoms with Crippen LogP contribution in [0.5, 0.6) is 0 Å². The van der Waals surface area contributed by atoms with Crippen LogP contribution in [-0.2, 0) is 4.79 Å². The summed E-state index contributed by atoms with van der Waals surface area (Å²) < 4.78 is 0. The van der Waals surface area contributed by atoms with Crippen LogP contribution in [0.2, 0.25) is 0 Å². The Hall–Kier alpha value is -0.610. The molecular formula is C17H30N2O2. The molecule has 0 aromatic rings. The van der Waals surface area contributed by atoms with Crippen molar-refractivity contribution in [3.05, 3.63) is 0 Å². The predicted octanol–water partition coefficient (Wildman–Crippen LogP) is 2.58. The van der Waals surface area contributed by atoms with Crippen molar-refractivity contribution in [3.63, 3.8) is 0 Å². The second kappa shape index (κ2) is 6.25. The van der Waals surface area contributed by atoms with E-state index in [2.05, 4.69) is 16.7 Å². The molecule has 3 saturated heterocycles. The lowest BCUT2D eigenvalue weighted by atomic mass is 9.74. The predicted molar refractivity (Wildman–Crippen MR) is 83.4 cm³/mol. The van der Waals surface area contributed by atoms with Gasteiger partial charge < -0.3 is 5.11 Å². The highest BCUT2D eigenvalue weighted by molar-refractivity contribution is 5.74. The molecule has 0 aromatic carbocycles. The maximum absolute atomic E-state index is 11.7. The third kappa shape index (κ3) is 2.85. The molecule has 4 heteroatoms. The van der Waals surface area contributed by atoms with Gasteiger partial charge in [0.25, 0.3) is 0 Å². The number of aliphatic carboxylic acids is 1. The molecule has 0 bridgehead atoms. The number of hydrogen-bond acceptors (Lipinski definition) is 3. The Labute approximate surface area is 128 Å². The maximum Gasteiger partial charge on any atom is 0.309 e. The average molecular weight is 294 g/mol. The van der Waals surface area contributed by atoms with Crippen LogP contribution in [0.25, 0.3) is 0 Å². The highest BCUT2D eigenvalue weighted by atomic mass is 16.4. The van der Waals surface area contributed by atoms with E-state index in [-0.39, 0.29) is 0 Å². The van der Waals surface area contributed by atoms with Crippen LogP contribution in [0.3, 0.4) is 0 Å². The van der Waals surface area contributed by atoms with Crippen molar-refractivity contribution in [2.45, 2.75) is 70.4 Å². The zero-order valence-corrected chi connectivity index (χ0v) is 13.4. The van der Waals surface area contributed by atoms with E-state index in [1.807, 2.05) is 0 Å². The van der Waals surface area contributed by atoms with Gasteiger partial charge in [0, 0.05) is 18.6 Å². The van der Waals surface area contributed by atoms with Crippen molar-refractivity contribution in [3.8, 4) is 0 Å². The number of carboxylic acids is 1. The molecule has 3 aliphatic heterocycles. The minimum absolute atomic E-state index is 0.434. The van der Waals surface area contributed by atoms with Crippen molar-refractivity contribution in [1.29, 1.82) is 0 Å². The summed E-state index contributed by atoms with van der Waals surface area (Å²) in [5.74, 6) is -0.560. The Kier molecular flexibility index (Phi) is 4.55. The molecule has 0 aromatic heterocycles. The van der Waals surface area contributed by atoms with Gasteiger partial charge in [-0.25, -0.2) is 0 Å². The lowest BCUT2D eigenvalue weighted by molar-refractivity contribution is -0.153. The molecule has 0 radical (unpaired) electrons. The fourth-order valence-electron chi connectivity index (χ4n) is 4.98. The summed E-state index contributed by atoms with van der Waals surface area (Å²) in [5.41, 5.74) is -0.434. The second-order valence-corrected chi connectivity index (χ2v) is 7.33. The topological polar surface area (TPSA) is 43.8 Å². The van der Waals surface area contributed by atoms with E-state index in [0.717, 1.165) is 44.8 Å². The quantitative estimate of drug-likeness (QED) is 0.865. The van der Waals surface area contributed by atoms with Crippen molar-refractivity contribution in [2.24, 2.45) is 5.41 Å². The normalized spacial score (nSPS) is 33.8. The molecular weight excluding hydrogens is 264 g/mol. The van der Waals surface area contributed by atoms with Gasteiger partial charge in [0.1, 0.15) is 0 Å². The van der Waals surface area contributed by atoms with Gasteiger partial charge >= 0.3 is 5.97 Å². The largest absolute Gasteiger partial charge is 0.481 e. The molecule has 2 atom stereocenters. The van der Waals surface area contributed by atoms with Crippen LogP contribution in [0.4, 0.5) is 0 Å². The van der Waals surface area contributed by atoms with E-state index < -0.39 is 11.4 Å². The Morgan fingerprint density at radius 2 is 1.71 bits per heavy atom. The molecule has 4 nitrogen and oxygen atoms in total. The highest BCUT2D eigenvalue weighted by Crippen LogP contribution is 2.39. The Bertz CT molecular complexity index is 377. The number of likely N-dealkylation sites (tertiary alicyclic amines) is 1.